The van der Waals surface area contributed by atoms with E-state index in [0.717, 1.165) is 82.9 Å². The van der Waals surface area contributed by atoms with E-state index in [1.54, 1.807) is 0 Å². The Kier molecular flexibility index (Phi) is 6.98. The molecular formula is C32H43N7O. The van der Waals surface area contributed by atoms with Gasteiger partial charge in [-0.15, -0.1) is 0 Å². The minimum atomic E-state index is 0. The zero-order chi connectivity index (χ0) is 28.0. The highest BCUT2D eigenvalue weighted by atomic mass is 16.5. The first-order valence-corrected chi connectivity index (χ1v) is 14.6. The van der Waals surface area contributed by atoms with E-state index in [1.165, 1.54) is 30.5 Å². The number of aromatic amines is 1. The van der Waals surface area contributed by atoms with E-state index in [0.29, 0.717) is 12.6 Å². The molecule has 1 unspecified atom stereocenters. The predicted molar refractivity (Wildman–Crippen MR) is 162 cm³/mol. The third kappa shape index (κ3) is 5.68. The van der Waals surface area contributed by atoms with Gasteiger partial charge in [-0.05, 0) is 88.0 Å². The van der Waals surface area contributed by atoms with Crippen molar-refractivity contribution in [2.45, 2.75) is 79.3 Å². The Labute approximate surface area is 238 Å². The maximum Gasteiger partial charge on any atom is 0.177 e. The molecule has 0 radical (unpaired) electrons. The Bertz CT molecular complexity index is 1540. The molecule has 7 rings (SSSR count). The van der Waals surface area contributed by atoms with Crippen molar-refractivity contribution in [2.75, 3.05) is 18.1 Å². The molecule has 0 bridgehead atoms. The van der Waals surface area contributed by atoms with E-state index in [-0.39, 0.29) is 6.84 Å². The molecule has 3 aromatic heterocycles. The number of rotatable bonds is 3. The summed E-state index contributed by atoms with van der Waals surface area (Å²) in [5.41, 5.74) is 13.3. The van der Waals surface area contributed by atoms with Gasteiger partial charge >= 0.3 is 0 Å². The summed E-state index contributed by atoms with van der Waals surface area (Å²) < 4.78 is 6.16. The molecule has 2 aliphatic carbocycles. The van der Waals surface area contributed by atoms with E-state index in [4.69, 9.17) is 20.4 Å². The van der Waals surface area contributed by atoms with Crippen molar-refractivity contribution in [2.24, 2.45) is 17.1 Å². The number of imidazole rings is 1. The lowest BCUT2D eigenvalue weighted by molar-refractivity contribution is 0.310. The number of benzene rings is 1. The minimum absolute atomic E-state index is 0. The number of anilines is 1. The molecule has 1 aliphatic heterocycles. The number of aromatic nitrogens is 5. The number of nitrogens with one attached hydrogen (secondary N) is 1. The van der Waals surface area contributed by atoms with Gasteiger partial charge in [0, 0.05) is 42.6 Å². The number of nitrogens with two attached hydrogens (primary N) is 1. The fourth-order valence-electron chi connectivity index (χ4n) is 5.87. The molecule has 1 aromatic carbocycles. The standard InChI is InChI=1S/C27H30N6O.C5H11N.H2/c1-16-30-23-12-19(14-28-25(23)31-16)18-5-6-24-20(11-18)15-33(9-10-34-24)26-21-13-27(3,4)8-7-22(21)29-17(2)32-26;1-4(6)5-2-3-5;/h5-6,11-12,14H,7-10,13,15H2,1-4H3,(H,28,30,31);4-5H,2-3,6H2,1H3;1H. The van der Waals surface area contributed by atoms with Crippen molar-refractivity contribution in [1.82, 2.24) is 24.9 Å². The summed E-state index contributed by atoms with van der Waals surface area (Å²) in [5.74, 6) is 4.62. The van der Waals surface area contributed by atoms with Gasteiger partial charge in [0.2, 0.25) is 0 Å². The Hall–Kier alpha value is -3.52. The van der Waals surface area contributed by atoms with Crippen LogP contribution >= 0.6 is 0 Å². The average molecular weight is 542 g/mol. The number of pyridine rings is 1. The lowest BCUT2D eigenvalue weighted by atomic mass is 9.76. The number of ether oxygens (including phenoxy) is 1. The van der Waals surface area contributed by atoms with Crippen LogP contribution in [-0.2, 0) is 19.4 Å². The zero-order valence-electron chi connectivity index (χ0n) is 24.4. The Morgan fingerprint density at radius 3 is 2.70 bits per heavy atom. The molecule has 4 aromatic rings. The molecule has 3 N–H and O–H groups in total. The summed E-state index contributed by atoms with van der Waals surface area (Å²) >= 11 is 0. The molecule has 40 heavy (non-hydrogen) atoms. The Balaban J connectivity index is 0.000000431. The lowest BCUT2D eigenvalue weighted by Crippen LogP contribution is -2.31. The maximum absolute atomic E-state index is 6.16. The van der Waals surface area contributed by atoms with Crippen LogP contribution in [0.25, 0.3) is 22.3 Å². The third-order valence-electron chi connectivity index (χ3n) is 8.37. The van der Waals surface area contributed by atoms with Crippen LogP contribution in [0.1, 0.15) is 69.9 Å². The molecular weight excluding hydrogens is 498 g/mol. The molecule has 8 heteroatoms. The molecule has 1 saturated carbocycles. The zero-order valence-corrected chi connectivity index (χ0v) is 24.4. The summed E-state index contributed by atoms with van der Waals surface area (Å²) in [4.78, 5) is 24.4. The highest BCUT2D eigenvalue weighted by Crippen LogP contribution is 2.39. The second-order valence-corrected chi connectivity index (χ2v) is 12.6. The van der Waals surface area contributed by atoms with Gasteiger partial charge in [0.1, 0.15) is 29.8 Å². The fourth-order valence-corrected chi connectivity index (χ4v) is 5.87. The highest BCUT2D eigenvalue weighted by molar-refractivity contribution is 5.78. The van der Waals surface area contributed by atoms with Crippen molar-refractivity contribution < 1.29 is 6.16 Å². The van der Waals surface area contributed by atoms with Crippen LogP contribution in [-0.4, -0.2) is 44.1 Å². The quantitative estimate of drug-likeness (QED) is 0.331. The van der Waals surface area contributed by atoms with Gasteiger partial charge < -0.3 is 20.4 Å². The average Bonchev–Trinajstić information content (AvgIpc) is 3.72. The number of fused-ring (bicyclic) bond motifs is 3. The van der Waals surface area contributed by atoms with Gasteiger partial charge in [-0.2, -0.15) is 0 Å². The van der Waals surface area contributed by atoms with E-state index in [1.807, 2.05) is 20.0 Å². The summed E-state index contributed by atoms with van der Waals surface area (Å²) in [7, 11) is 0. The number of nitrogens with zero attached hydrogens (tertiary/aromatic N) is 5. The van der Waals surface area contributed by atoms with Gasteiger partial charge in [-0.25, -0.2) is 19.9 Å². The highest BCUT2D eigenvalue weighted by Gasteiger charge is 2.31. The van der Waals surface area contributed by atoms with E-state index < -0.39 is 0 Å². The summed E-state index contributed by atoms with van der Waals surface area (Å²) in [5, 5.41) is 0. The minimum Gasteiger partial charge on any atom is -0.491 e. The van der Waals surface area contributed by atoms with E-state index >= 15 is 0 Å². The van der Waals surface area contributed by atoms with Gasteiger partial charge in [0.05, 0.1) is 12.1 Å². The molecule has 1 atom stereocenters. The van der Waals surface area contributed by atoms with Crippen LogP contribution in [0.4, 0.5) is 5.82 Å². The van der Waals surface area contributed by atoms with Crippen LogP contribution in [0.2, 0.25) is 0 Å². The van der Waals surface area contributed by atoms with Crippen LogP contribution in [0.5, 0.6) is 5.75 Å². The first kappa shape index (κ1) is 26.7. The topological polar surface area (TPSA) is 106 Å². The van der Waals surface area contributed by atoms with Crippen LogP contribution in [0, 0.1) is 25.2 Å². The number of aryl methyl sites for hydroxylation is 3. The Morgan fingerprint density at radius 1 is 1.12 bits per heavy atom. The fraction of sp³-hybridized carbons (Fsp3) is 0.500. The van der Waals surface area contributed by atoms with E-state index in [2.05, 4.69) is 64.9 Å². The molecule has 0 saturated heterocycles. The number of H-pyrrole nitrogens is 1. The molecule has 0 amide bonds. The van der Waals surface area contributed by atoms with Crippen LogP contribution < -0.4 is 15.4 Å². The van der Waals surface area contributed by atoms with Crippen LogP contribution in [0.3, 0.4) is 0 Å². The van der Waals surface area contributed by atoms with Gasteiger partial charge in [0.15, 0.2) is 5.65 Å². The number of hydrogen-bond donors (Lipinski definition) is 2. The molecule has 212 valence electrons. The van der Waals surface area contributed by atoms with Crippen molar-refractivity contribution in [1.29, 1.82) is 0 Å². The van der Waals surface area contributed by atoms with Crippen LogP contribution in [0.15, 0.2) is 30.5 Å². The summed E-state index contributed by atoms with van der Waals surface area (Å²) in [6.07, 6.45) is 7.84. The lowest BCUT2D eigenvalue weighted by Gasteiger charge is -2.34. The normalized spacial score (nSPS) is 18.6. The second-order valence-electron chi connectivity index (χ2n) is 12.6. The van der Waals surface area contributed by atoms with Crippen molar-refractivity contribution in [3.63, 3.8) is 0 Å². The van der Waals surface area contributed by atoms with E-state index in [9.17, 15) is 0 Å². The SMILES string of the molecule is CC(N)C1CC1.Cc1nc2c(c(N3CCOc4ccc(-c5cnc6nc(C)[nH]c6c5)cc4C3)n1)CC(C)(C)CC2.[HH]. The summed E-state index contributed by atoms with van der Waals surface area (Å²) in [6, 6.07) is 9.00. The number of hydrogen-bond acceptors (Lipinski definition) is 7. The predicted octanol–water partition coefficient (Wildman–Crippen LogP) is 5.94. The van der Waals surface area contributed by atoms with Crippen molar-refractivity contribution >= 4 is 17.0 Å². The van der Waals surface area contributed by atoms with Gasteiger partial charge in [-0.1, -0.05) is 19.9 Å². The molecule has 8 nitrogen and oxygen atoms in total. The first-order chi connectivity index (χ1) is 19.1. The molecule has 3 aliphatic rings. The smallest absolute Gasteiger partial charge is 0.177 e. The summed E-state index contributed by atoms with van der Waals surface area (Å²) in [6.45, 7) is 12.9. The van der Waals surface area contributed by atoms with Gasteiger partial charge in [-0.3, -0.25) is 0 Å². The van der Waals surface area contributed by atoms with Gasteiger partial charge in [0.25, 0.3) is 0 Å². The molecule has 0 spiro atoms. The van der Waals surface area contributed by atoms with Crippen molar-refractivity contribution in [3.8, 4) is 16.9 Å². The molecule has 1 fully saturated rings. The first-order valence-electron chi connectivity index (χ1n) is 14.6. The Morgan fingerprint density at radius 2 is 1.95 bits per heavy atom. The van der Waals surface area contributed by atoms with Crippen molar-refractivity contribution in [3.05, 3.63) is 58.9 Å². The second kappa shape index (κ2) is 10.5. The third-order valence-corrected chi connectivity index (χ3v) is 8.37. The maximum atomic E-state index is 6.16. The largest absolute Gasteiger partial charge is 0.491 e. The monoisotopic (exact) mass is 541 g/mol. The molecule has 4 heterocycles.